The number of hydrogen-bond acceptors (Lipinski definition) is 0. The highest BCUT2D eigenvalue weighted by atomic mass is 14.7. The van der Waals surface area contributed by atoms with Gasteiger partial charge in [0.1, 0.15) is 0 Å². The summed E-state index contributed by atoms with van der Waals surface area (Å²) in [6.07, 6.45) is 0. The Kier molecular flexibility index (Phi) is 4.67. The standard InChI is InChI=1S/C40H25N/c1-3-13-28-25(10-1)12-9-19-30(28)39-33-17-7-5-15-31(33)38(32-16-6-8-18-34(32)39)27-21-23-37-36(24-27)35-22-20-26-11-2-4-14-29(26)40(35)41-37/h1-24,41H. The normalized spacial score (nSPS) is 11.9. The maximum absolute atomic E-state index is 3.72. The fraction of sp³-hybridized carbons (Fsp3) is 0. The molecule has 1 heteroatoms. The van der Waals surface area contributed by atoms with Crippen LogP contribution in [0.3, 0.4) is 0 Å². The van der Waals surface area contributed by atoms with Crippen molar-refractivity contribution in [2.75, 3.05) is 0 Å². The Hall–Kier alpha value is -5.40. The van der Waals surface area contributed by atoms with Crippen molar-refractivity contribution in [1.82, 2.24) is 4.98 Å². The molecule has 9 rings (SSSR count). The van der Waals surface area contributed by atoms with Crippen molar-refractivity contribution in [3.05, 3.63) is 146 Å². The van der Waals surface area contributed by atoms with Gasteiger partial charge >= 0.3 is 0 Å². The van der Waals surface area contributed by atoms with Gasteiger partial charge in [0.15, 0.2) is 0 Å². The van der Waals surface area contributed by atoms with E-state index >= 15 is 0 Å². The van der Waals surface area contributed by atoms with Crippen molar-refractivity contribution < 1.29 is 0 Å². The number of aromatic amines is 1. The quantitative estimate of drug-likeness (QED) is 0.219. The van der Waals surface area contributed by atoms with E-state index in [4.69, 9.17) is 0 Å². The van der Waals surface area contributed by atoms with Crippen LogP contribution in [0.4, 0.5) is 0 Å². The van der Waals surface area contributed by atoms with Crippen LogP contribution in [0.1, 0.15) is 0 Å². The second kappa shape index (κ2) is 8.55. The molecule has 0 aliphatic heterocycles. The predicted octanol–water partition coefficient (Wildman–Crippen LogP) is 11.3. The molecule has 0 amide bonds. The van der Waals surface area contributed by atoms with Crippen LogP contribution in [0.5, 0.6) is 0 Å². The first-order chi connectivity index (χ1) is 20.3. The summed E-state index contributed by atoms with van der Waals surface area (Å²) in [5.41, 5.74) is 7.48. The molecule has 8 aromatic carbocycles. The molecule has 0 aliphatic carbocycles. The van der Waals surface area contributed by atoms with Crippen LogP contribution >= 0.6 is 0 Å². The topological polar surface area (TPSA) is 15.8 Å². The molecule has 0 aliphatic rings. The Labute approximate surface area is 237 Å². The summed E-state index contributed by atoms with van der Waals surface area (Å²) in [6, 6.07) is 53.3. The van der Waals surface area contributed by atoms with E-state index in [0.29, 0.717) is 0 Å². The second-order valence-electron chi connectivity index (χ2n) is 11.0. The Morgan fingerprint density at radius 2 is 0.902 bits per heavy atom. The maximum Gasteiger partial charge on any atom is 0.0544 e. The third kappa shape index (κ3) is 3.24. The molecule has 0 spiro atoms. The van der Waals surface area contributed by atoms with Gasteiger partial charge in [-0.1, -0.05) is 133 Å². The largest absolute Gasteiger partial charge is 0.354 e. The Balaban J connectivity index is 1.39. The van der Waals surface area contributed by atoms with Crippen LogP contribution in [0.2, 0.25) is 0 Å². The highest BCUT2D eigenvalue weighted by Crippen LogP contribution is 2.46. The molecule has 1 N–H and O–H groups in total. The van der Waals surface area contributed by atoms with E-state index in [-0.39, 0.29) is 0 Å². The highest BCUT2D eigenvalue weighted by molar-refractivity contribution is 6.24. The summed E-state index contributed by atoms with van der Waals surface area (Å²) in [5, 5.41) is 12.7. The lowest BCUT2D eigenvalue weighted by atomic mass is 9.84. The zero-order valence-corrected chi connectivity index (χ0v) is 22.4. The molecule has 0 saturated carbocycles. The lowest BCUT2D eigenvalue weighted by Gasteiger charge is -2.19. The SMILES string of the molecule is c1ccc2c(-c3c4ccccc4c(-c4ccc5[nH]c6c7ccccc7ccc6c5c4)c4ccccc34)cccc2c1. The third-order valence-corrected chi connectivity index (χ3v) is 8.78. The molecule has 0 fully saturated rings. The monoisotopic (exact) mass is 519 g/mol. The number of aromatic nitrogens is 1. The molecule has 190 valence electrons. The summed E-state index contributed by atoms with van der Waals surface area (Å²) in [5.74, 6) is 0. The van der Waals surface area contributed by atoms with E-state index < -0.39 is 0 Å². The van der Waals surface area contributed by atoms with Crippen LogP contribution in [0.15, 0.2) is 146 Å². The summed E-state index contributed by atoms with van der Waals surface area (Å²) < 4.78 is 0. The van der Waals surface area contributed by atoms with Crippen molar-refractivity contribution in [3.63, 3.8) is 0 Å². The summed E-state index contributed by atoms with van der Waals surface area (Å²) >= 11 is 0. The minimum absolute atomic E-state index is 1.17. The fourth-order valence-electron chi connectivity index (χ4n) is 6.97. The molecule has 0 atom stereocenters. The summed E-state index contributed by atoms with van der Waals surface area (Å²) in [7, 11) is 0. The molecular formula is C40H25N. The predicted molar refractivity (Wildman–Crippen MR) is 177 cm³/mol. The van der Waals surface area contributed by atoms with Crippen molar-refractivity contribution in [3.8, 4) is 22.3 Å². The van der Waals surface area contributed by atoms with Crippen LogP contribution in [0.25, 0.3) is 87.1 Å². The van der Waals surface area contributed by atoms with E-state index in [1.165, 1.54) is 87.1 Å². The van der Waals surface area contributed by atoms with E-state index in [1.807, 2.05) is 0 Å². The second-order valence-corrected chi connectivity index (χ2v) is 11.0. The molecule has 1 heterocycles. The summed E-state index contributed by atoms with van der Waals surface area (Å²) in [6.45, 7) is 0. The lowest BCUT2D eigenvalue weighted by molar-refractivity contribution is 1.56. The number of H-pyrrole nitrogens is 1. The van der Waals surface area contributed by atoms with Crippen LogP contribution in [-0.2, 0) is 0 Å². The summed E-state index contributed by atoms with van der Waals surface area (Å²) in [4.78, 5) is 3.72. The zero-order chi connectivity index (χ0) is 26.9. The van der Waals surface area contributed by atoms with Crippen LogP contribution in [0, 0.1) is 0 Å². The van der Waals surface area contributed by atoms with E-state index in [2.05, 4.69) is 151 Å². The van der Waals surface area contributed by atoms with Crippen LogP contribution < -0.4 is 0 Å². The van der Waals surface area contributed by atoms with Gasteiger partial charge in [-0.25, -0.2) is 0 Å². The number of hydrogen-bond donors (Lipinski definition) is 1. The first kappa shape index (κ1) is 22.4. The van der Waals surface area contributed by atoms with Crippen molar-refractivity contribution in [2.24, 2.45) is 0 Å². The van der Waals surface area contributed by atoms with Gasteiger partial charge in [-0.15, -0.1) is 0 Å². The van der Waals surface area contributed by atoms with Gasteiger partial charge < -0.3 is 4.98 Å². The fourth-order valence-corrected chi connectivity index (χ4v) is 6.97. The van der Waals surface area contributed by atoms with Gasteiger partial charge in [0.2, 0.25) is 0 Å². The average molecular weight is 520 g/mol. The molecule has 41 heavy (non-hydrogen) atoms. The molecule has 9 aromatic rings. The smallest absolute Gasteiger partial charge is 0.0544 e. The van der Waals surface area contributed by atoms with E-state index in [0.717, 1.165) is 0 Å². The minimum atomic E-state index is 1.17. The molecule has 0 unspecified atom stereocenters. The number of nitrogens with one attached hydrogen (secondary N) is 1. The van der Waals surface area contributed by atoms with Gasteiger partial charge in [-0.2, -0.15) is 0 Å². The van der Waals surface area contributed by atoms with Gasteiger partial charge in [0.25, 0.3) is 0 Å². The maximum atomic E-state index is 3.72. The molecule has 1 nitrogen and oxygen atoms in total. The highest BCUT2D eigenvalue weighted by Gasteiger charge is 2.18. The Morgan fingerprint density at radius 3 is 1.61 bits per heavy atom. The zero-order valence-electron chi connectivity index (χ0n) is 22.4. The lowest BCUT2D eigenvalue weighted by Crippen LogP contribution is -1.91. The molecule has 0 bridgehead atoms. The molecule has 0 radical (unpaired) electrons. The minimum Gasteiger partial charge on any atom is -0.354 e. The van der Waals surface area contributed by atoms with Crippen molar-refractivity contribution in [1.29, 1.82) is 0 Å². The Morgan fingerprint density at radius 1 is 0.341 bits per heavy atom. The number of benzene rings is 8. The number of rotatable bonds is 2. The first-order valence-corrected chi connectivity index (χ1v) is 14.2. The van der Waals surface area contributed by atoms with Gasteiger partial charge in [-0.3, -0.25) is 0 Å². The van der Waals surface area contributed by atoms with Crippen LogP contribution in [-0.4, -0.2) is 4.98 Å². The Bertz CT molecular complexity index is 2410. The van der Waals surface area contributed by atoms with Gasteiger partial charge in [0.05, 0.1) is 5.52 Å². The molecular weight excluding hydrogens is 494 g/mol. The number of fused-ring (bicyclic) bond motifs is 8. The first-order valence-electron chi connectivity index (χ1n) is 14.2. The van der Waals surface area contributed by atoms with Crippen molar-refractivity contribution in [2.45, 2.75) is 0 Å². The molecule has 0 saturated heterocycles. The molecule has 1 aromatic heterocycles. The van der Waals surface area contributed by atoms with Crippen molar-refractivity contribution >= 4 is 64.9 Å². The third-order valence-electron chi connectivity index (χ3n) is 8.78. The average Bonchev–Trinajstić information content (AvgIpc) is 3.42. The van der Waals surface area contributed by atoms with Gasteiger partial charge in [-0.05, 0) is 72.1 Å². The van der Waals surface area contributed by atoms with E-state index in [1.54, 1.807) is 0 Å². The van der Waals surface area contributed by atoms with Gasteiger partial charge in [0, 0.05) is 21.7 Å². The van der Waals surface area contributed by atoms with E-state index in [9.17, 15) is 0 Å².